The Morgan fingerprint density at radius 2 is 1.88 bits per heavy atom. The molecule has 0 aliphatic carbocycles. The topological polar surface area (TPSA) is 108 Å². The number of hydrogen-bond donors (Lipinski definition) is 3. The molecule has 3 N–H and O–H groups in total. The van der Waals surface area contributed by atoms with Gasteiger partial charge in [-0.25, -0.2) is 9.59 Å². The summed E-state index contributed by atoms with van der Waals surface area (Å²) in [5, 5.41) is 26.6. The van der Waals surface area contributed by atoms with Gasteiger partial charge in [0.2, 0.25) is 0 Å². The minimum absolute atomic E-state index is 0. The molecule has 1 aromatic heterocycles. The number of hydrogen-bond acceptors (Lipinski definition) is 4. The van der Waals surface area contributed by atoms with E-state index in [9.17, 15) is 14.7 Å². The molecule has 0 radical (unpaired) electrons. The van der Waals surface area contributed by atoms with Gasteiger partial charge >= 0.3 is 30.8 Å². The first-order valence-electron chi connectivity index (χ1n) is 4.05. The summed E-state index contributed by atoms with van der Waals surface area (Å²) in [6.07, 6.45) is 2.24. The Balaban J connectivity index is 0.00000225. The van der Waals surface area contributed by atoms with E-state index in [-0.39, 0.29) is 18.9 Å². The van der Waals surface area contributed by atoms with E-state index >= 15 is 0 Å². The minimum atomic E-state index is -2.80. The molecule has 1 aromatic rings. The van der Waals surface area contributed by atoms with Crippen molar-refractivity contribution in [3.8, 4) is 0 Å². The summed E-state index contributed by atoms with van der Waals surface area (Å²) in [5.74, 6) is -3.59. The fraction of sp³-hybridized carbons (Fsp3) is 0.222. The normalized spacial score (nSPS) is 10.3. The molecule has 6 nitrogen and oxygen atoms in total. The molecule has 0 bridgehead atoms. The zero-order chi connectivity index (χ0) is 11.5. The number of pyridine rings is 1. The van der Waals surface area contributed by atoms with Crippen molar-refractivity contribution in [1.82, 2.24) is 4.98 Å². The molecule has 0 saturated heterocycles. The summed E-state index contributed by atoms with van der Waals surface area (Å²) in [7, 11) is 0. The first kappa shape index (κ1) is 14.6. The van der Waals surface area contributed by atoms with E-state index in [1.54, 1.807) is 0 Å². The summed E-state index contributed by atoms with van der Waals surface area (Å²) < 4.78 is 0. The summed E-state index contributed by atoms with van der Waals surface area (Å²) in [5.41, 5.74) is -2.46. The molecule has 7 heteroatoms. The number of aliphatic hydroxyl groups is 1. The van der Waals surface area contributed by atoms with E-state index in [4.69, 9.17) is 10.2 Å². The van der Waals surface area contributed by atoms with E-state index in [1.165, 1.54) is 24.5 Å². The third-order valence-corrected chi connectivity index (χ3v) is 1.89. The van der Waals surface area contributed by atoms with Crippen molar-refractivity contribution in [3.63, 3.8) is 0 Å². The third kappa shape index (κ3) is 3.07. The van der Waals surface area contributed by atoms with Crippen LogP contribution >= 0.6 is 0 Å². The quantitative estimate of drug-likeness (QED) is 0.437. The Labute approximate surface area is 103 Å². The predicted molar refractivity (Wildman–Crippen MR) is 55.3 cm³/mol. The molecule has 0 aromatic carbocycles. The third-order valence-electron chi connectivity index (χ3n) is 1.89. The summed E-state index contributed by atoms with van der Waals surface area (Å²) in [4.78, 5) is 24.9. The number of aliphatic carboxylic acids is 2. The van der Waals surface area contributed by atoms with E-state index in [2.05, 4.69) is 4.98 Å². The Bertz CT molecular complexity index is 367. The van der Waals surface area contributed by atoms with Crippen molar-refractivity contribution in [2.24, 2.45) is 0 Å². The van der Waals surface area contributed by atoms with E-state index in [0.29, 0.717) is 5.56 Å². The number of carbonyl (C=O) groups is 2. The average Bonchev–Trinajstić information content (AvgIpc) is 2.18. The fourth-order valence-electron chi connectivity index (χ4n) is 1.04. The van der Waals surface area contributed by atoms with Gasteiger partial charge in [-0.2, -0.15) is 0 Å². The standard InChI is InChI=1S/C9H9NO5.Li.H/c11-7(12)9(15,8(13)14)4-6-2-1-3-10-5-6;;/h1-3,5,15H,4H2,(H,11,12)(H,13,14);;. The van der Waals surface area contributed by atoms with E-state index < -0.39 is 24.0 Å². The zero-order valence-corrected chi connectivity index (χ0v) is 7.62. The molecule has 0 saturated carbocycles. The van der Waals surface area contributed by atoms with Crippen molar-refractivity contribution >= 4 is 30.8 Å². The molecular weight excluding hydrogens is 209 g/mol. The molecule has 0 aliphatic heterocycles. The van der Waals surface area contributed by atoms with Gasteiger partial charge in [0.05, 0.1) is 0 Å². The van der Waals surface area contributed by atoms with E-state index in [0.717, 1.165) is 0 Å². The molecule has 0 atom stereocenters. The molecule has 0 amide bonds. The molecule has 0 spiro atoms. The van der Waals surface area contributed by atoms with Gasteiger partial charge in [-0.1, -0.05) is 6.07 Å². The molecule has 0 unspecified atom stereocenters. The first-order valence-corrected chi connectivity index (χ1v) is 4.05. The summed E-state index contributed by atoms with van der Waals surface area (Å²) in [6.45, 7) is 0. The SMILES string of the molecule is O=C(O)C(O)(Cc1cccnc1)C(=O)O.[LiH]. The van der Waals surface area contributed by atoms with Crippen molar-refractivity contribution < 1.29 is 24.9 Å². The maximum absolute atomic E-state index is 10.6. The second kappa shape index (κ2) is 5.66. The number of carboxylic acids is 2. The Morgan fingerprint density at radius 3 is 2.25 bits per heavy atom. The Hall–Kier alpha value is -1.35. The number of aromatic nitrogens is 1. The van der Waals surface area contributed by atoms with Crippen LogP contribution in [0.1, 0.15) is 5.56 Å². The summed E-state index contributed by atoms with van der Waals surface area (Å²) >= 11 is 0. The fourth-order valence-corrected chi connectivity index (χ4v) is 1.04. The van der Waals surface area contributed by atoms with Crippen molar-refractivity contribution in [3.05, 3.63) is 30.1 Å². The second-order valence-corrected chi connectivity index (χ2v) is 3.01. The van der Waals surface area contributed by atoms with Gasteiger partial charge in [0.25, 0.3) is 5.60 Å². The van der Waals surface area contributed by atoms with Gasteiger partial charge in [0.1, 0.15) is 0 Å². The van der Waals surface area contributed by atoms with Crippen molar-refractivity contribution in [1.29, 1.82) is 0 Å². The zero-order valence-electron chi connectivity index (χ0n) is 7.62. The molecular formula is C9H10LiNO5. The van der Waals surface area contributed by atoms with Crippen LogP contribution in [0.2, 0.25) is 0 Å². The molecule has 1 heterocycles. The van der Waals surface area contributed by atoms with Gasteiger partial charge in [-0.3, -0.25) is 4.98 Å². The maximum atomic E-state index is 10.6. The summed E-state index contributed by atoms with van der Waals surface area (Å²) in [6, 6.07) is 3.02. The van der Waals surface area contributed by atoms with Crippen LogP contribution in [0, 0.1) is 0 Å². The van der Waals surface area contributed by atoms with Gasteiger partial charge in [0.15, 0.2) is 0 Å². The molecule has 0 fully saturated rings. The van der Waals surface area contributed by atoms with Crippen molar-refractivity contribution in [2.45, 2.75) is 12.0 Å². The van der Waals surface area contributed by atoms with Crippen LogP contribution in [-0.2, 0) is 16.0 Å². The van der Waals surface area contributed by atoms with Crippen molar-refractivity contribution in [2.75, 3.05) is 0 Å². The van der Waals surface area contributed by atoms with Crippen LogP contribution in [0.5, 0.6) is 0 Å². The molecule has 82 valence electrons. The van der Waals surface area contributed by atoms with Crippen LogP contribution < -0.4 is 0 Å². The van der Waals surface area contributed by atoms with Gasteiger partial charge in [0, 0.05) is 18.8 Å². The number of nitrogens with zero attached hydrogens (tertiary/aromatic N) is 1. The van der Waals surface area contributed by atoms with Crippen LogP contribution in [0.3, 0.4) is 0 Å². The average molecular weight is 219 g/mol. The first-order chi connectivity index (χ1) is 6.97. The van der Waals surface area contributed by atoms with E-state index in [1.807, 2.05) is 0 Å². The van der Waals surface area contributed by atoms with Gasteiger partial charge < -0.3 is 15.3 Å². The molecule has 1 rings (SSSR count). The molecule has 0 aliphatic rings. The van der Waals surface area contributed by atoms with Crippen LogP contribution in [0.4, 0.5) is 0 Å². The molecule has 16 heavy (non-hydrogen) atoms. The van der Waals surface area contributed by atoms with Crippen LogP contribution in [0.25, 0.3) is 0 Å². The Morgan fingerprint density at radius 1 is 1.31 bits per heavy atom. The monoisotopic (exact) mass is 219 g/mol. The second-order valence-electron chi connectivity index (χ2n) is 3.01. The predicted octanol–water partition coefficient (Wildman–Crippen LogP) is -1.12. The van der Waals surface area contributed by atoms with Crippen LogP contribution in [0.15, 0.2) is 24.5 Å². The number of rotatable bonds is 4. The van der Waals surface area contributed by atoms with Gasteiger partial charge in [-0.15, -0.1) is 0 Å². The van der Waals surface area contributed by atoms with Crippen LogP contribution in [-0.4, -0.2) is 56.7 Å². The number of carboxylic acid groups (broad SMARTS) is 2. The van der Waals surface area contributed by atoms with Gasteiger partial charge in [-0.05, 0) is 11.6 Å². The Kier molecular flexibility index (Phi) is 5.18.